The molecule has 86 valence electrons. The van der Waals surface area contributed by atoms with E-state index in [0.29, 0.717) is 0 Å². The Kier molecular flexibility index (Phi) is 4.69. The van der Waals surface area contributed by atoms with E-state index in [1.807, 2.05) is 0 Å². The zero-order chi connectivity index (χ0) is 10.5. The van der Waals surface area contributed by atoms with Crippen LogP contribution in [0.5, 0.6) is 0 Å². The summed E-state index contributed by atoms with van der Waals surface area (Å²) in [6.45, 7) is 4.14. The summed E-state index contributed by atoms with van der Waals surface area (Å²) in [5.41, 5.74) is 2.10. The van der Waals surface area contributed by atoms with Gasteiger partial charge in [0.1, 0.15) is 0 Å². The first-order valence-corrected chi connectivity index (χ1v) is 8.37. The average molecular weight is 224 g/mol. The molecule has 0 aromatic rings. The topological polar surface area (TPSA) is 0 Å². The number of hydrogen-bond acceptors (Lipinski definition) is 0. The fraction of sp³-hybridized carbons (Fsp3) is 0.857. The predicted octanol–water partition coefficient (Wildman–Crippen LogP) is 5.28. The molecule has 2 aliphatic rings. The van der Waals surface area contributed by atoms with Gasteiger partial charge in [-0.25, -0.2) is 0 Å². The van der Waals surface area contributed by atoms with Gasteiger partial charge in [-0.3, -0.25) is 0 Å². The molecule has 0 unspecified atom stereocenters. The standard InChI is InChI=1S/C14H25P/c1-2-15(13-9-5-3-6-10-13)14-11-7-4-8-12-14/h2,13-14H,1,3-12H2. The monoisotopic (exact) mass is 224 g/mol. The fourth-order valence-electron chi connectivity index (χ4n) is 3.35. The van der Waals surface area contributed by atoms with Crippen LogP contribution in [0.2, 0.25) is 0 Å². The first-order chi connectivity index (χ1) is 7.42. The van der Waals surface area contributed by atoms with Gasteiger partial charge >= 0.3 is 0 Å². The van der Waals surface area contributed by atoms with Crippen molar-refractivity contribution in [2.45, 2.75) is 75.5 Å². The van der Waals surface area contributed by atoms with Gasteiger partial charge in [-0.15, -0.1) is 0 Å². The lowest BCUT2D eigenvalue weighted by atomic mass is 9.99. The SMILES string of the molecule is C=CP(C1CCCCC1)C1CCCCC1. The van der Waals surface area contributed by atoms with Gasteiger partial charge in [0.25, 0.3) is 0 Å². The summed E-state index contributed by atoms with van der Waals surface area (Å²) in [4.78, 5) is 0. The molecule has 2 aliphatic carbocycles. The molecule has 0 amide bonds. The quantitative estimate of drug-likeness (QED) is 0.572. The van der Waals surface area contributed by atoms with Gasteiger partial charge < -0.3 is 0 Å². The van der Waals surface area contributed by atoms with E-state index in [2.05, 4.69) is 12.4 Å². The molecule has 0 radical (unpaired) electrons. The Balaban J connectivity index is 1.91. The summed E-state index contributed by atoms with van der Waals surface area (Å²) in [5.74, 6) is 2.36. The first-order valence-electron chi connectivity index (χ1n) is 6.82. The van der Waals surface area contributed by atoms with Crippen LogP contribution in [0.15, 0.2) is 12.4 Å². The summed E-state index contributed by atoms with van der Waals surface area (Å²) >= 11 is 0. The molecule has 0 aromatic heterocycles. The third-order valence-electron chi connectivity index (χ3n) is 4.20. The molecule has 2 saturated carbocycles. The van der Waals surface area contributed by atoms with Crippen LogP contribution < -0.4 is 0 Å². The van der Waals surface area contributed by atoms with Crippen LogP contribution in [0.25, 0.3) is 0 Å². The maximum atomic E-state index is 4.14. The zero-order valence-electron chi connectivity index (χ0n) is 9.96. The molecule has 0 N–H and O–H groups in total. The lowest BCUT2D eigenvalue weighted by Gasteiger charge is -2.36. The summed E-state index contributed by atoms with van der Waals surface area (Å²) in [6, 6.07) is 0. The highest BCUT2D eigenvalue weighted by Crippen LogP contribution is 2.56. The largest absolute Gasteiger partial charge is 0.0986 e. The highest BCUT2D eigenvalue weighted by atomic mass is 31.1. The second kappa shape index (κ2) is 6.04. The fourth-order valence-corrected chi connectivity index (χ4v) is 6.47. The molecule has 0 aliphatic heterocycles. The Bertz CT molecular complexity index is 170. The molecule has 2 rings (SSSR count). The van der Waals surface area contributed by atoms with Gasteiger partial charge in [-0.2, -0.15) is 0 Å². The van der Waals surface area contributed by atoms with Crippen LogP contribution in [0.4, 0.5) is 0 Å². The summed E-state index contributed by atoms with van der Waals surface area (Å²) in [7, 11) is 0.169. The zero-order valence-corrected chi connectivity index (χ0v) is 10.9. The highest BCUT2D eigenvalue weighted by molar-refractivity contribution is 7.62. The van der Waals surface area contributed by atoms with Crippen molar-refractivity contribution in [1.29, 1.82) is 0 Å². The van der Waals surface area contributed by atoms with Gasteiger partial charge in [0.15, 0.2) is 0 Å². The normalized spacial score (nSPS) is 25.7. The van der Waals surface area contributed by atoms with Crippen molar-refractivity contribution in [1.82, 2.24) is 0 Å². The Morgan fingerprint density at radius 1 is 0.733 bits per heavy atom. The maximum Gasteiger partial charge on any atom is -0.0172 e. The van der Waals surface area contributed by atoms with Crippen LogP contribution in [0.3, 0.4) is 0 Å². The number of rotatable bonds is 3. The molecule has 0 atom stereocenters. The average Bonchev–Trinajstić information content (AvgIpc) is 2.33. The van der Waals surface area contributed by atoms with Gasteiger partial charge in [-0.05, 0) is 37.0 Å². The second-order valence-electron chi connectivity index (χ2n) is 5.21. The van der Waals surface area contributed by atoms with E-state index in [1.54, 1.807) is 0 Å². The molecule has 0 bridgehead atoms. The van der Waals surface area contributed by atoms with Crippen LogP contribution in [-0.4, -0.2) is 11.3 Å². The minimum Gasteiger partial charge on any atom is -0.0986 e. The van der Waals surface area contributed by atoms with Crippen LogP contribution in [0.1, 0.15) is 64.2 Å². The maximum absolute atomic E-state index is 4.14. The van der Waals surface area contributed by atoms with Crippen molar-refractivity contribution in [3.05, 3.63) is 12.4 Å². The molecular formula is C14H25P. The van der Waals surface area contributed by atoms with Gasteiger partial charge in [0, 0.05) is 0 Å². The van der Waals surface area contributed by atoms with E-state index in [1.165, 1.54) is 64.2 Å². The van der Waals surface area contributed by atoms with Crippen molar-refractivity contribution in [2.24, 2.45) is 0 Å². The Morgan fingerprint density at radius 2 is 1.13 bits per heavy atom. The van der Waals surface area contributed by atoms with Crippen molar-refractivity contribution in [3.63, 3.8) is 0 Å². The van der Waals surface area contributed by atoms with E-state index >= 15 is 0 Å². The molecule has 0 aromatic carbocycles. The van der Waals surface area contributed by atoms with E-state index in [9.17, 15) is 0 Å². The minimum absolute atomic E-state index is 0.169. The minimum atomic E-state index is 0.169. The van der Waals surface area contributed by atoms with Crippen LogP contribution >= 0.6 is 7.92 Å². The number of hydrogen-bond donors (Lipinski definition) is 0. The van der Waals surface area contributed by atoms with E-state index in [-0.39, 0.29) is 7.92 Å². The van der Waals surface area contributed by atoms with E-state index < -0.39 is 0 Å². The second-order valence-corrected chi connectivity index (χ2v) is 7.93. The van der Waals surface area contributed by atoms with Crippen LogP contribution in [0, 0.1) is 0 Å². The smallest absolute Gasteiger partial charge is 0.0172 e. The Labute approximate surface area is 96.3 Å². The first kappa shape index (κ1) is 11.6. The van der Waals surface area contributed by atoms with Crippen molar-refractivity contribution in [3.8, 4) is 0 Å². The third kappa shape index (κ3) is 3.06. The molecule has 15 heavy (non-hydrogen) atoms. The predicted molar refractivity (Wildman–Crippen MR) is 70.9 cm³/mol. The molecular weight excluding hydrogens is 199 g/mol. The van der Waals surface area contributed by atoms with Gasteiger partial charge in [0.2, 0.25) is 0 Å². The van der Waals surface area contributed by atoms with E-state index in [0.717, 1.165) is 11.3 Å². The lowest BCUT2D eigenvalue weighted by molar-refractivity contribution is 0.486. The highest BCUT2D eigenvalue weighted by Gasteiger charge is 2.28. The molecule has 0 saturated heterocycles. The van der Waals surface area contributed by atoms with Crippen molar-refractivity contribution >= 4 is 7.92 Å². The third-order valence-corrected chi connectivity index (χ3v) is 7.34. The van der Waals surface area contributed by atoms with E-state index in [4.69, 9.17) is 0 Å². The Morgan fingerprint density at radius 3 is 1.47 bits per heavy atom. The van der Waals surface area contributed by atoms with Crippen molar-refractivity contribution < 1.29 is 0 Å². The van der Waals surface area contributed by atoms with Gasteiger partial charge in [-0.1, -0.05) is 58.8 Å². The molecule has 0 heterocycles. The molecule has 1 heteroatoms. The summed E-state index contributed by atoms with van der Waals surface area (Å²) in [6.07, 6.45) is 15.0. The molecule has 2 fully saturated rings. The van der Waals surface area contributed by atoms with Crippen molar-refractivity contribution in [2.75, 3.05) is 0 Å². The molecule has 0 spiro atoms. The van der Waals surface area contributed by atoms with Crippen LogP contribution in [-0.2, 0) is 0 Å². The summed E-state index contributed by atoms with van der Waals surface area (Å²) < 4.78 is 0. The summed E-state index contributed by atoms with van der Waals surface area (Å²) in [5, 5.41) is 0. The Hall–Kier alpha value is 0.170. The van der Waals surface area contributed by atoms with Gasteiger partial charge in [0.05, 0.1) is 0 Å². The lowest BCUT2D eigenvalue weighted by Crippen LogP contribution is -2.19. The molecule has 0 nitrogen and oxygen atoms in total.